The molecule has 0 saturated carbocycles. The molecule has 10 heteroatoms. The number of hydrogen-bond donors (Lipinski definition) is 1. The van der Waals surface area contributed by atoms with Gasteiger partial charge in [-0.15, -0.1) is 0 Å². The van der Waals surface area contributed by atoms with E-state index in [1.807, 2.05) is 0 Å². The number of nitrogens with one attached hydrogen (secondary N) is 1. The molecule has 1 amide bonds. The Balaban J connectivity index is 1.82. The van der Waals surface area contributed by atoms with Crippen LogP contribution in [0, 0.1) is 10.1 Å². The SMILES string of the molecule is COc1ccc(-c2ccc(=O)n(CC(=O)Nc3cccc([N+](=O)[O-])c3)n2)cc1OC. The summed E-state index contributed by atoms with van der Waals surface area (Å²) >= 11 is 0. The number of non-ortho nitro benzene ring substituents is 1. The van der Waals surface area contributed by atoms with E-state index in [0.29, 0.717) is 22.8 Å². The van der Waals surface area contributed by atoms with E-state index in [-0.39, 0.29) is 17.9 Å². The molecule has 1 aromatic heterocycles. The number of rotatable bonds is 7. The third-order valence-corrected chi connectivity index (χ3v) is 4.18. The van der Waals surface area contributed by atoms with E-state index in [4.69, 9.17) is 9.47 Å². The van der Waals surface area contributed by atoms with Crippen molar-refractivity contribution < 1.29 is 19.2 Å². The topological polar surface area (TPSA) is 126 Å². The molecule has 0 unspecified atom stereocenters. The van der Waals surface area contributed by atoms with Crippen molar-refractivity contribution in [2.45, 2.75) is 6.54 Å². The normalized spacial score (nSPS) is 10.3. The molecule has 1 N–H and O–H groups in total. The Labute approximate surface area is 170 Å². The zero-order chi connectivity index (χ0) is 21.7. The maximum Gasteiger partial charge on any atom is 0.271 e. The maximum atomic E-state index is 12.3. The van der Waals surface area contributed by atoms with Crippen molar-refractivity contribution in [2.24, 2.45) is 0 Å². The Morgan fingerprint density at radius 1 is 1.10 bits per heavy atom. The van der Waals surface area contributed by atoms with Crippen LogP contribution in [0.3, 0.4) is 0 Å². The number of nitro benzene ring substituents is 1. The zero-order valence-corrected chi connectivity index (χ0v) is 16.2. The molecule has 10 nitrogen and oxygen atoms in total. The highest BCUT2D eigenvalue weighted by atomic mass is 16.6. The fraction of sp³-hybridized carbons (Fsp3) is 0.150. The summed E-state index contributed by atoms with van der Waals surface area (Å²) in [7, 11) is 3.03. The predicted octanol–water partition coefficient (Wildman–Crippen LogP) is 2.47. The number of nitro groups is 1. The lowest BCUT2D eigenvalue weighted by Crippen LogP contribution is -2.29. The van der Waals surface area contributed by atoms with Crippen molar-refractivity contribution in [3.8, 4) is 22.8 Å². The number of amides is 1. The average molecular weight is 410 g/mol. The summed E-state index contributed by atoms with van der Waals surface area (Å²) in [5.74, 6) is 0.499. The first-order valence-corrected chi connectivity index (χ1v) is 8.76. The Morgan fingerprint density at radius 2 is 1.87 bits per heavy atom. The van der Waals surface area contributed by atoms with Crippen LogP contribution >= 0.6 is 0 Å². The highest BCUT2D eigenvalue weighted by Crippen LogP contribution is 2.31. The fourth-order valence-electron chi connectivity index (χ4n) is 2.75. The van der Waals surface area contributed by atoms with Crippen molar-refractivity contribution in [3.63, 3.8) is 0 Å². The highest BCUT2D eigenvalue weighted by Gasteiger charge is 2.12. The molecule has 0 aliphatic rings. The Morgan fingerprint density at radius 3 is 2.57 bits per heavy atom. The molecule has 3 aromatic rings. The van der Waals surface area contributed by atoms with E-state index in [1.165, 1.54) is 44.6 Å². The van der Waals surface area contributed by atoms with Crippen molar-refractivity contribution in [1.82, 2.24) is 9.78 Å². The number of anilines is 1. The molecule has 1 heterocycles. The molecule has 2 aromatic carbocycles. The van der Waals surface area contributed by atoms with Gasteiger partial charge >= 0.3 is 0 Å². The minimum atomic E-state index is -0.561. The summed E-state index contributed by atoms with van der Waals surface area (Å²) in [5.41, 5.74) is 0.754. The van der Waals surface area contributed by atoms with Gasteiger partial charge in [-0.1, -0.05) is 6.07 Å². The van der Waals surface area contributed by atoms with E-state index in [0.717, 1.165) is 4.68 Å². The van der Waals surface area contributed by atoms with Gasteiger partial charge in [0.15, 0.2) is 11.5 Å². The van der Waals surface area contributed by atoms with Gasteiger partial charge in [0, 0.05) is 29.4 Å². The third kappa shape index (κ3) is 4.61. The summed E-state index contributed by atoms with van der Waals surface area (Å²) in [4.78, 5) is 34.8. The van der Waals surface area contributed by atoms with E-state index in [1.54, 1.807) is 24.3 Å². The molecular weight excluding hydrogens is 392 g/mol. The van der Waals surface area contributed by atoms with Crippen LogP contribution in [-0.4, -0.2) is 34.8 Å². The molecular formula is C20H18N4O6. The van der Waals surface area contributed by atoms with Crippen LogP contribution in [0.4, 0.5) is 11.4 Å². The first-order chi connectivity index (χ1) is 14.4. The number of aromatic nitrogens is 2. The van der Waals surface area contributed by atoms with Crippen LogP contribution in [-0.2, 0) is 11.3 Å². The smallest absolute Gasteiger partial charge is 0.271 e. The van der Waals surface area contributed by atoms with E-state index >= 15 is 0 Å². The van der Waals surface area contributed by atoms with Gasteiger partial charge in [0.05, 0.1) is 24.8 Å². The lowest BCUT2D eigenvalue weighted by molar-refractivity contribution is -0.384. The molecule has 0 saturated heterocycles. The Bertz CT molecular complexity index is 1160. The van der Waals surface area contributed by atoms with Gasteiger partial charge in [0.2, 0.25) is 5.91 Å². The van der Waals surface area contributed by atoms with Crippen molar-refractivity contribution in [3.05, 3.63) is 75.1 Å². The zero-order valence-electron chi connectivity index (χ0n) is 16.2. The summed E-state index contributed by atoms with van der Waals surface area (Å²) in [6.07, 6.45) is 0. The number of hydrogen-bond acceptors (Lipinski definition) is 7. The average Bonchev–Trinajstić information content (AvgIpc) is 2.74. The number of carbonyl (C=O) groups excluding carboxylic acids is 1. The summed E-state index contributed by atoms with van der Waals surface area (Å²) in [6, 6.07) is 13.5. The van der Waals surface area contributed by atoms with Crippen LogP contribution < -0.4 is 20.3 Å². The summed E-state index contributed by atoms with van der Waals surface area (Å²) in [6.45, 7) is -0.358. The number of ether oxygens (including phenoxy) is 2. The van der Waals surface area contributed by atoms with E-state index < -0.39 is 16.4 Å². The maximum absolute atomic E-state index is 12.3. The lowest BCUT2D eigenvalue weighted by atomic mass is 10.1. The Hall–Kier alpha value is -4.21. The summed E-state index contributed by atoms with van der Waals surface area (Å²) < 4.78 is 11.5. The van der Waals surface area contributed by atoms with Crippen molar-refractivity contribution in [2.75, 3.05) is 19.5 Å². The van der Waals surface area contributed by atoms with Gasteiger partial charge in [-0.3, -0.25) is 19.7 Å². The Kier molecular flexibility index (Phi) is 6.06. The fourth-order valence-corrected chi connectivity index (χ4v) is 2.75. The van der Waals surface area contributed by atoms with Gasteiger partial charge in [0.25, 0.3) is 11.2 Å². The quantitative estimate of drug-likeness (QED) is 0.468. The number of methoxy groups -OCH3 is 2. The molecule has 0 fully saturated rings. The second kappa shape index (κ2) is 8.86. The van der Waals surface area contributed by atoms with E-state index in [2.05, 4.69) is 10.4 Å². The first kappa shape index (κ1) is 20.5. The minimum absolute atomic E-state index is 0.154. The van der Waals surface area contributed by atoms with Crippen LogP contribution in [0.2, 0.25) is 0 Å². The monoisotopic (exact) mass is 410 g/mol. The van der Waals surface area contributed by atoms with Crippen LogP contribution in [0.1, 0.15) is 0 Å². The molecule has 30 heavy (non-hydrogen) atoms. The molecule has 154 valence electrons. The van der Waals surface area contributed by atoms with Gasteiger partial charge in [0.1, 0.15) is 6.54 Å². The molecule has 3 rings (SSSR count). The molecule has 0 spiro atoms. The predicted molar refractivity (Wildman–Crippen MR) is 109 cm³/mol. The second-order valence-electron chi connectivity index (χ2n) is 6.14. The van der Waals surface area contributed by atoms with Crippen molar-refractivity contribution >= 4 is 17.3 Å². The van der Waals surface area contributed by atoms with Gasteiger partial charge in [-0.25, -0.2) is 4.68 Å². The van der Waals surface area contributed by atoms with E-state index in [9.17, 15) is 19.7 Å². The van der Waals surface area contributed by atoms with Crippen LogP contribution in [0.25, 0.3) is 11.3 Å². The lowest BCUT2D eigenvalue weighted by Gasteiger charge is -2.11. The highest BCUT2D eigenvalue weighted by molar-refractivity contribution is 5.90. The largest absolute Gasteiger partial charge is 0.493 e. The third-order valence-electron chi connectivity index (χ3n) is 4.18. The standard InChI is InChI=1S/C20H18N4O6/c1-29-17-8-6-13(10-18(17)30-2)16-7-9-20(26)23(22-16)12-19(25)21-14-4-3-5-15(11-14)24(27)28/h3-11H,12H2,1-2H3,(H,21,25). The number of carbonyl (C=O) groups is 1. The van der Waals surface area contributed by atoms with Gasteiger partial charge in [-0.05, 0) is 30.3 Å². The minimum Gasteiger partial charge on any atom is -0.493 e. The molecule has 0 bridgehead atoms. The van der Waals surface area contributed by atoms with Crippen LogP contribution in [0.15, 0.2) is 59.4 Å². The molecule has 0 atom stereocenters. The van der Waals surface area contributed by atoms with Crippen molar-refractivity contribution in [1.29, 1.82) is 0 Å². The first-order valence-electron chi connectivity index (χ1n) is 8.76. The summed E-state index contributed by atoms with van der Waals surface area (Å²) in [5, 5.41) is 17.6. The van der Waals surface area contributed by atoms with Crippen LogP contribution in [0.5, 0.6) is 11.5 Å². The van der Waals surface area contributed by atoms with Gasteiger partial charge < -0.3 is 14.8 Å². The molecule has 0 radical (unpaired) electrons. The number of benzene rings is 2. The second-order valence-corrected chi connectivity index (χ2v) is 6.14. The molecule has 0 aliphatic carbocycles. The van der Waals surface area contributed by atoms with Gasteiger partial charge in [-0.2, -0.15) is 5.10 Å². The molecule has 0 aliphatic heterocycles. The number of nitrogens with zero attached hydrogens (tertiary/aromatic N) is 3.